The van der Waals surface area contributed by atoms with Gasteiger partial charge in [0.1, 0.15) is 5.01 Å². The van der Waals surface area contributed by atoms with Crippen LogP contribution in [-0.2, 0) is 12.1 Å². The Morgan fingerprint density at radius 2 is 2.00 bits per heavy atom. The Morgan fingerprint density at radius 3 is 2.80 bits per heavy atom. The quantitative estimate of drug-likeness (QED) is 0.793. The van der Waals surface area contributed by atoms with Gasteiger partial charge in [-0.1, -0.05) is 24.3 Å². The molecule has 102 valence electrons. The smallest absolute Gasteiger partial charge is 0.112 e. The lowest BCUT2D eigenvalue weighted by Gasteiger charge is -2.23. The van der Waals surface area contributed by atoms with Crippen molar-refractivity contribution in [1.82, 2.24) is 15.3 Å². The second kappa shape index (κ2) is 5.31. The molecule has 2 heterocycles. The van der Waals surface area contributed by atoms with E-state index in [2.05, 4.69) is 47.3 Å². The highest BCUT2D eigenvalue weighted by Crippen LogP contribution is 2.22. The Morgan fingerprint density at radius 1 is 1.15 bits per heavy atom. The number of para-hydroxylation sites is 1. The van der Waals surface area contributed by atoms with Crippen LogP contribution in [0.25, 0.3) is 10.9 Å². The number of hydrogen-bond acceptors (Lipinski definition) is 4. The van der Waals surface area contributed by atoms with Crippen LogP contribution in [0.2, 0.25) is 0 Å². The van der Waals surface area contributed by atoms with Gasteiger partial charge in [0.05, 0.1) is 16.7 Å². The van der Waals surface area contributed by atoms with Crippen molar-refractivity contribution < 1.29 is 0 Å². The maximum absolute atomic E-state index is 4.68. The number of thiazole rings is 1. The first-order valence-corrected chi connectivity index (χ1v) is 7.53. The van der Waals surface area contributed by atoms with E-state index >= 15 is 0 Å². The lowest BCUT2D eigenvalue weighted by molar-refractivity contribution is 0.397. The average Bonchev–Trinajstić information content (AvgIpc) is 3.00. The van der Waals surface area contributed by atoms with E-state index in [9.17, 15) is 0 Å². The number of pyridine rings is 1. The Balaban J connectivity index is 1.77. The fourth-order valence-corrected chi connectivity index (χ4v) is 2.87. The molecule has 3 nitrogen and oxygen atoms in total. The molecular weight excluding hydrogens is 266 g/mol. The van der Waals surface area contributed by atoms with Crippen molar-refractivity contribution in [2.45, 2.75) is 25.9 Å². The lowest BCUT2D eigenvalue weighted by Crippen LogP contribution is -2.36. The van der Waals surface area contributed by atoms with Gasteiger partial charge in [0.2, 0.25) is 0 Å². The SMILES string of the molecule is CC(C)(NCc1ccc2ccccc2n1)c1nccs1. The van der Waals surface area contributed by atoms with Gasteiger partial charge in [0.15, 0.2) is 0 Å². The Hall–Kier alpha value is -1.78. The highest BCUT2D eigenvalue weighted by atomic mass is 32.1. The molecule has 1 N–H and O–H groups in total. The number of fused-ring (bicyclic) bond motifs is 1. The molecule has 3 rings (SSSR count). The van der Waals surface area contributed by atoms with Crippen LogP contribution in [0.5, 0.6) is 0 Å². The van der Waals surface area contributed by atoms with Crippen LogP contribution in [0.1, 0.15) is 24.5 Å². The van der Waals surface area contributed by atoms with Crippen molar-refractivity contribution in [3.63, 3.8) is 0 Å². The molecule has 20 heavy (non-hydrogen) atoms. The molecule has 0 saturated carbocycles. The molecule has 0 spiro atoms. The molecule has 0 radical (unpaired) electrons. The molecule has 0 aliphatic rings. The molecule has 0 saturated heterocycles. The Kier molecular flexibility index (Phi) is 3.51. The van der Waals surface area contributed by atoms with E-state index in [1.165, 1.54) is 5.39 Å². The maximum atomic E-state index is 4.68. The minimum Gasteiger partial charge on any atom is -0.300 e. The van der Waals surface area contributed by atoms with E-state index in [4.69, 9.17) is 0 Å². The van der Waals surface area contributed by atoms with E-state index in [0.29, 0.717) is 0 Å². The topological polar surface area (TPSA) is 37.8 Å². The third kappa shape index (κ3) is 2.71. The summed E-state index contributed by atoms with van der Waals surface area (Å²) in [7, 11) is 0. The summed E-state index contributed by atoms with van der Waals surface area (Å²) in [4.78, 5) is 9.07. The third-order valence-electron chi connectivity index (χ3n) is 3.33. The van der Waals surface area contributed by atoms with Crippen LogP contribution in [-0.4, -0.2) is 9.97 Å². The summed E-state index contributed by atoms with van der Waals surface area (Å²) >= 11 is 1.67. The molecule has 0 aliphatic carbocycles. The molecule has 1 aromatic carbocycles. The van der Waals surface area contributed by atoms with Crippen molar-refractivity contribution in [3.8, 4) is 0 Å². The largest absolute Gasteiger partial charge is 0.300 e. The number of nitrogens with zero attached hydrogens (tertiary/aromatic N) is 2. The van der Waals surface area contributed by atoms with E-state index in [1.54, 1.807) is 11.3 Å². The summed E-state index contributed by atoms with van der Waals surface area (Å²) in [5.41, 5.74) is 1.95. The maximum Gasteiger partial charge on any atom is 0.112 e. The van der Waals surface area contributed by atoms with Crippen LogP contribution in [0.3, 0.4) is 0 Å². The molecule has 0 atom stereocenters. The average molecular weight is 283 g/mol. The first-order chi connectivity index (χ1) is 9.65. The number of aromatic nitrogens is 2. The monoisotopic (exact) mass is 283 g/mol. The second-order valence-electron chi connectivity index (χ2n) is 5.31. The van der Waals surface area contributed by atoms with Crippen molar-refractivity contribution in [2.75, 3.05) is 0 Å². The van der Waals surface area contributed by atoms with Crippen LogP contribution < -0.4 is 5.32 Å². The Bertz CT molecular complexity index is 705. The van der Waals surface area contributed by atoms with E-state index in [0.717, 1.165) is 22.8 Å². The van der Waals surface area contributed by atoms with Crippen LogP contribution >= 0.6 is 11.3 Å². The molecule has 0 aliphatic heterocycles. The minimum atomic E-state index is -0.137. The first kappa shape index (κ1) is 13.2. The number of benzene rings is 1. The zero-order valence-corrected chi connectivity index (χ0v) is 12.4. The normalized spacial score (nSPS) is 11.9. The molecule has 0 fully saturated rings. The number of rotatable bonds is 4. The predicted octanol–water partition coefficient (Wildman–Crippen LogP) is 3.72. The van der Waals surface area contributed by atoms with Crippen molar-refractivity contribution >= 4 is 22.2 Å². The van der Waals surface area contributed by atoms with Crippen LogP contribution in [0, 0.1) is 0 Å². The van der Waals surface area contributed by atoms with Crippen molar-refractivity contribution in [3.05, 3.63) is 58.7 Å². The Labute approximate surface area is 122 Å². The molecule has 4 heteroatoms. The number of nitrogens with one attached hydrogen (secondary N) is 1. The van der Waals surface area contributed by atoms with E-state index in [1.807, 2.05) is 29.8 Å². The van der Waals surface area contributed by atoms with Crippen molar-refractivity contribution in [1.29, 1.82) is 0 Å². The van der Waals surface area contributed by atoms with Gasteiger partial charge in [-0.15, -0.1) is 11.3 Å². The summed E-state index contributed by atoms with van der Waals surface area (Å²) < 4.78 is 0. The summed E-state index contributed by atoms with van der Waals surface area (Å²) in [6.07, 6.45) is 1.84. The molecule has 0 unspecified atom stereocenters. The van der Waals surface area contributed by atoms with Gasteiger partial charge >= 0.3 is 0 Å². The molecule has 3 aromatic rings. The van der Waals surface area contributed by atoms with Gasteiger partial charge in [0, 0.05) is 23.5 Å². The lowest BCUT2D eigenvalue weighted by atomic mass is 10.1. The van der Waals surface area contributed by atoms with Gasteiger partial charge in [0.25, 0.3) is 0 Å². The zero-order valence-electron chi connectivity index (χ0n) is 11.6. The van der Waals surface area contributed by atoms with Gasteiger partial charge in [-0.05, 0) is 26.0 Å². The fourth-order valence-electron chi connectivity index (χ4n) is 2.13. The van der Waals surface area contributed by atoms with Gasteiger partial charge in [-0.2, -0.15) is 0 Å². The van der Waals surface area contributed by atoms with Gasteiger partial charge in [-0.25, -0.2) is 4.98 Å². The molecular formula is C16H17N3S. The highest BCUT2D eigenvalue weighted by molar-refractivity contribution is 7.09. The summed E-state index contributed by atoms with van der Waals surface area (Å²) in [6, 6.07) is 12.4. The first-order valence-electron chi connectivity index (χ1n) is 6.65. The van der Waals surface area contributed by atoms with Crippen molar-refractivity contribution in [2.24, 2.45) is 0 Å². The molecule has 0 amide bonds. The summed E-state index contributed by atoms with van der Waals surface area (Å²) in [5.74, 6) is 0. The summed E-state index contributed by atoms with van der Waals surface area (Å²) in [6.45, 7) is 5.02. The number of hydrogen-bond donors (Lipinski definition) is 1. The van der Waals surface area contributed by atoms with E-state index < -0.39 is 0 Å². The fraction of sp³-hybridized carbons (Fsp3) is 0.250. The van der Waals surface area contributed by atoms with Gasteiger partial charge < -0.3 is 5.32 Å². The third-order valence-corrected chi connectivity index (χ3v) is 4.43. The predicted molar refractivity (Wildman–Crippen MR) is 83.7 cm³/mol. The molecule has 0 bridgehead atoms. The highest BCUT2D eigenvalue weighted by Gasteiger charge is 2.22. The van der Waals surface area contributed by atoms with Crippen LogP contribution in [0.4, 0.5) is 0 Å². The second-order valence-corrected chi connectivity index (χ2v) is 6.21. The standard InChI is InChI=1S/C16H17N3S/c1-16(2,15-17-9-10-20-15)18-11-13-8-7-12-5-3-4-6-14(12)19-13/h3-10,18H,11H2,1-2H3. The summed E-state index contributed by atoms with van der Waals surface area (Å²) in [5, 5.41) is 7.81. The molecule has 2 aromatic heterocycles. The van der Waals surface area contributed by atoms with Crippen LogP contribution in [0.15, 0.2) is 48.0 Å². The zero-order chi connectivity index (χ0) is 14.0. The minimum absolute atomic E-state index is 0.137. The van der Waals surface area contributed by atoms with E-state index in [-0.39, 0.29) is 5.54 Å². The van der Waals surface area contributed by atoms with Gasteiger partial charge in [-0.3, -0.25) is 4.98 Å².